The standard InChI is InChI=1S/C16H18O/c1-12-8-9-15(13(2)10-12)16(17)11-14-6-4-3-5-7-14/h3-10,16-17H,11H2,1-2H3. The van der Waals surface area contributed by atoms with E-state index in [-0.39, 0.29) is 0 Å². The predicted molar refractivity (Wildman–Crippen MR) is 71.0 cm³/mol. The van der Waals surface area contributed by atoms with Gasteiger partial charge in [-0.05, 0) is 30.5 Å². The third kappa shape index (κ3) is 2.95. The topological polar surface area (TPSA) is 20.2 Å². The van der Waals surface area contributed by atoms with Crippen LogP contribution in [0.2, 0.25) is 0 Å². The minimum Gasteiger partial charge on any atom is -0.388 e. The van der Waals surface area contributed by atoms with Gasteiger partial charge in [0.25, 0.3) is 0 Å². The first-order valence-corrected chi connectivity index (χ1v) is 5.96. The number of benzene rings is 2. The lowest BCUT2D eigenvalue weighted by Crippen LogP contribution is -2.04. The third-order valence-electron chi connectivity index (χ3n) is 3.06. The molecule has 1 atom stereocenters. The van der Waals surface area contributed by atoms with Crippen LogP contribution < -0.4 is 0 Å². The number of rotatable bonds is 3. The Morgan fingerprint density at radius 2 is 1.71 bits per heavy atom. The van der Waals surface area contributed by atoms with Gasteiger partial charge in [0.1, 0.15) is 0 Å². The van der Waals surface area contributed by atoms with Crippen LogP contribution >= 0.6 is 0 Å². The summed E-state index contributed by atoms with van der Waals surface area (Å²) in [5.74, 6) is 0. The molecular weight excluding hydrogens is 208 g/mol. The highest BCUT2D eigenvalue weighted by Crippen LogP contribution is 2.22. The molecule has 0 aliphatic rings. The second kappa shape index (κ2) is 5.15. The van der Waals surface area contributed by atoms with Gasteiger partial charge in [-0.2, -0.15) is 0 Å². The zero-order valence-corrected chi connectivity index (χ0v) is 10.4. The van der Waals surface area contributed by atoms with Crippen LogP contribution in [-0.2, 0) is 6.42 Å². The van der Waals surface area contributed by atoms with Gasteiger partial charge in [-0.15, -0.1) is 0 Å². The van der Waals surface area contributed by atoms with Gasteiger partial charge < -0.3 is 5.11 Å². The molecule has 0 aliphatic carbocycles. The maximum atomic E-state index is 10.2. The Hall–Kier alpha value is -1.60. The lowest BCUT2D eigenvalue weighted by Gasteiger charge is -2.14. The molecule has 0 saturated heterocycles. The normalized spacial score (nSPS) is 12.4. The molecule has 1 unspecified atom stereocenters. The molecule has 1 heteroatoms. The molecule has 0 heterocycles. The summed E-state index contributed by atoms with van der Waals surface area (Å²) in [4.78, 5) is 0. The predicted octanol–water partition coefficient (Wildman–Crippen LogP) is 3.58. The molecule has 1 nitrogen and oxygen atoms in total. The fourth-order valence-electron chi connectivity index (χ4n) is 2.15. The minimum atomic E-state index is -0.419. The molecule has 0 radical (unpaired) electrons. The largest absolute Gasteiger partial charge is 0.388 e. The van der Waals surface area contributed by atoms with Crippen LogP contribution in [0.5, 0.6) is 0 Å². The first kappa shape index (κ1) is 11.9. The lowest BCUT2D eigenvalue weighted by atomic mass is 9.96. The van der Waals surface area contributed by atoms with E-state index < -0.39 is 6.10 Å². The number of hydrogen-bond donors (Lipinski definition) is 1. The van der Waals surface area contributed by atoms with Crippen molar-refractivity contribution in [1.29, 1.82) is 0 Å². The Morgan fingerprint density at radius 3 is 2.35 bits per heavy atom. The van der Waals surface area contributed by atoms with Crippen LogP contribution in [0.3, 0.4) is 0 Å². The van der Waals surface area contributed by atoms with Gasteiger partial charge in [0.05, 0.1) is 6.10 Å². The van der Waals surface area contributed by atoms with Crippen LogP contribution in [0, 0.1) is 13.8 Å². The summed E-state index contributed by atoms with van der Waals surface area (Å²) in [6.45, 7) is 4.12. The summed E-state index contributed by atoms with van der Waals surface area (Å²) < 4.78 is 0. The molecule has 2 aromatic carbocycles. The van der Waals surface area contributed by atoms with Crippen molar-refractivity contribution < 1.29 is 5.11 Å². The zero-order valence-electron chi connectivity index (χ0n) is 10.4. The summed E-state index contributed by atoms with van der Waals surface area (Å²) in [7, 11) is 0. The van der Waals surface area contributed by atoms with E-state index in [9.17, 15) is 5.11 Å². The molecular formula is C16H18O. The number of aliphatic hydroxyl groups excluding tert-OH is 1. The molecule has 88 valence electrons. The van der Waals surface area contributed by atoms with Crippen LogP contribution in [0.25, 0.3) is 0 Å². The van der Waals surface area contributed by atoms with Crippen molar-refractivity contribution in [2.75, 3.05) is 0 Å². The highest BCUT2D eigenvalue weighted by Gasteiger charge is 2.10. The lowest BCUT2D eigenvalue weighted by molar-refractivity contribution is 0.177. The average Bonchev–Trinajstić information content (AvgIpc) is 2.30. The van der Waals surface area contributed by atoms with Gasteiger partial charge in [0, 0.05) is 6.42 Å². The first-order chi connectivity index (χ1) is 8.16. The van der Waals surface area contributed by atoms with Crippen molar-refractivity contribution in [3.8, 4) is 0 Å². The Kier molecular flexibility index (Phi) is 3.60. The van der Waals surface area contributed by atoms with Crippen molar-refractivity contribution in [1.82, 2.24) is 0 Å². The summed E-state index contributed by atoms with van der Waals surface area (Å²) in [5.41, 5.74) is 4.59. The minimum absolute atomic E-state index is 0.419. The van der Waals surface area contributed by atoms with Crippen molar-refractivity contribution in [2.45, 2.75) is 26.4 Å². The summed E-state index contributed by atoms with van der Waals surface area (Å²) in [5, 5.41) is 10.2. The van der Waals surface area contributed by atoms with Crippen LogP contribution in [0.1, 0.15) is 28.4 Å². The highest BCUT2D eigenvalue weighted by molar-refractivity contribution is 5.33. The maximum absolute atomic E-state index is 10.2. The van der Waals surface area contributed by atoms with E-state index in [0.29, 0.717) is 6.42 Å². The fourth-order valence-corrected chi connectivity index (χ4v) is 2.15. The second-order valence-electron chi connectivity index (χ2n) is 4.57. The van der Waals surface area contributed by atoms with E-state index >= 15 is 0 Å². The van der Waals surface area contributed by atoms with Crippen molar-refractivity contribution >= 4 is 0 Å². The number of aliphatic hydroxyl groups is 1. The van der Waals surface area contributed by atoms with Gasteiger partial charge in [-0.3, -0.25) is 0 Å². The van der Waals surface area contributed by atoms with Crippen molar-refractivity contribution in [3.63, 3.8) is 0 Å². The van der Waals surface area contributed by atoms with Crippen molar-refractivity contribution in [3.05, 3.63) is 70.8 Å². The monoisotopic (exact) mass is 226 g/mol. The molecule has 0 saturated carbocycles. The summed E-state index contributed by atoms with van der Waals surface area (Å²) in [6, 6.07) is 16.3. The molecule has 0 aromatic heterocycles. The molecule has 2 rings (SSSR count). The fraction of sp³-hybridized carbons (Fsp3) is 0.250. The summed E-state index contributed by atoms with van der Waals surface area (Å²) >= 11 is 0. The molecule has 2 aromatic rings. The maximum Gasteiger partial charge on any atom is 0.0832 e. The van der Waals surface area contributed by atoms with Gasteiger partial charge in [0.2, 0.25) is 0 Å². The zero-order chi connectivity index (χ0) is 12.3. The van der Waals surface area contributed by atoms with Crippen LogP contribution in [-0.4, -0.2) is 5.11 Å². The first-order valence-electron chi connectivity index (χ1n) is 5.96. The van der Waals surface area contributed by atoms with E-state index in [1.165, 1.54) is 11.1 Å². The Bertz CT molecular complexity index is 488. The van der Waals surface area contributed by atoms with Crippen molar-refractivity contribution in [2.24, 2.45) is 0 Å². The average molecular weight is 226 g/mol. The molecule has 0 amide bonds. The van der Waals surface area contributed by atoms with E-state index in [4.69, 9.17) is 0 Å². The van der Waals surface area contributed by atoms with Crippen LogP contribution in [0.15, 0.2) is 48.5 Å². The Balaban J connectivity index is 2.17. The molecule has 0 bridgehead atoms. The Labute approximate surface area is 103 Å². The SMILES string of the molecule is Cc1ccc(C(O)Cc2ccccc2)c(C)c1. The Morgan fingerprint density at radius 1 is 1.00 bits per heavy atom. The van der Waals surface area contributed by atoms with E-state index in [1.54, 1.807) is 0 Å². The molecule has 0 fully saturated rings. The smallest absolute Gasteiger partial charge is 0.0832 e. The van der Waals surface area contributed by atoms with Gasteiger partial charge in [0.15, 0.2) is 0 Å². The number of aryl methyl sites for hydroxylation is 2. The molecule has 1 N–H and O–H groups in total. The van der Waals surface area contributed by atoms with Gasteiger partial charge in [-0.25, -0.2) is 0 Å². The van der Waals surface area contributed by atoms with E-state index in [2.05, 4.69) is 26.0 Å². The van der Waals surface area contributed by atoms with E-state index in [1.807, 2.05) is 36.4 Å². The highest BCUT2D eigenvalue weighted by atomic mass is 16.3. The van der Waals surface area contributed by atoms with Gasteiger partial charge in [-0.1, -0.05) is 54.1 Å². The third-order valence-corrected chi connectivity index (χ3v) is 3.06. The van der Waals surface area contributed by atoms with Gasteiger partial charge >= 0.3 is 0 Å². The molecule has 0 aliphatic heterocycles. The quantitative estimate of drug-likeness (QED) is 0.848. The second-order valence-corrected chi connectivity index (χ2v) is 4.57. The summed E-state index contributed by atoms with van der Waals surface area (Å²) in [6.07, 6.45) is 0.253. The van der Waals surface area contributed by atoms with E-state index in [0.717, 1.165) is 11.1 Å². The van der Waals surface area contributed by atoms with Crippen LogP contribution in [0.4, 0.5) is 0 Å². The number of hydrogen-bond acceptors (Lipinski definition) is 1. The molecule has 17 heavy (non-hydrogen) atoms. The molecule has 0 spiro atoms.